The number of nitriles is 1. The van der Waals surface area contributed by atoms with E-state index in [0.29, 0.717) is 10.6 Å². The van der Waals surface area contributed by atoms with Crippen molar-refractivity contribution >= 4 is 61.8 Å². The Bertz CT molecular complexity index is 865. The van der Waals surface area contributed by atoms with Crippen molar-refractivity contribution in [1.29, 1.82) is 5.26 Å². The zero-order chi connectivity index (χ0) is 17.5. The van der Waals surface area contributed by atoms with Crippen molar-refractivity contribution in [3.8, 4) is 6.07 Å². The molecule has 0 spiro atoms. The summed E-state index contributed by atoms with van der Waals surface area (Å²) < 4.78 is 0.737. The Morgan fingerprint density at radius 2 is 2.20 bits per heavy atom. The molecule has 0 radical (unpaired) electrons. The molecular formula is C15H13N5OS4. The van der Waals surface area contributed by atoms with Gasteiger partial charge in [0.05, 0.1) is 11.3 Å². The van der Waals surface area contributed by atoms with Crippen LogP contribution in [0.15, 0.2) is 33.3 Å². The van der Waals surface area contributed by atoms with Gasteiger partial charge in [0, 0.05) is 11.4 Å². The van der Waals surface area contributed by atoms with E-state index in [0.717, 1.165) is 22.4 Å². The molecule has 25 heavy (non-hydrogen) atoms. The number of amides is 1. The SMILES string of the molecule is N#Cc1ccsc1NC(=O)CSc1nnc(NCCc2cccs2)s1. The zero-order valence-corrected chi connectivity index (χ0v) is 16.2. The van der Waals surface area contributed by atoms with Gasteiger partial charge in [-0.3, -0.25) is 4.79 Å². The molecular weight excluding hydrogens is 394 g/mol. The zero-order valence-electron chi connectivity index (χ0n) is 12.9. The Morgan fingerprint density at radius 1 is 1.28 bits per heavy atom. The molecule has 6 nitrogen and oxygen atoms in total. The number of carbonyl (C=O) groups is 1. The molecule has 0 unspecified atom stereocenters. The number of anilines is 2. The van der Waals surface area contributed by atoms with Crippen LogP contribution in [0.5, 0.6) is 0 Å². The number of thiophene rings is 2. The number of aromatic nitrogens is 2. The van der Waals surface area contributed by atoms with Crippen molar-refractivity contribution in [1.82, 2.24) is 10.2 Å². The molecule has 0 aliphatic rings. The van der Waals surface area contributed by atoms with Crippen LogP contribution in [0.1, 0.15) is 10.4 Å². The van der Waals surface area contributed by atoms with Crippen LogP contribution in [0, 0.1) is 11.3 Å². The van der Waals surface area contributed by atoms with Gasteiger partial charge in [-0.1, -0.05) is 29.2 Å². The number of thioether (sulfide) groups is 1. The number of hydrogen-bond donors (Lipinski definition) is 2. The minimum Gasteiger partial charge on any atom is -0.360 e. The third-order valence-corrected chi connectivity index (χ3v) is 6.78. The molecule has 0 aliphatic carbocycles. The van der Waals surface area contributed by atoms with Crippen LogP contribution < -0.4 is 10.6 Å². The first-order valence-corrected chi connectivity index (χ1v) is 10.8. The first-order chi connectivity index (χ1) is 12.2. The number of nitrogens with one attached hydrogen (secondary N) is 2. The maximum atomic E-state index is 12.0. The quantitative estimate of drug-likeness (QED) is 0.550. The normalized spacial score (nSPS) is 10.4. The van der Waals surface area contributed by atoms with E-state index >= 15 is 0 Å². The summed E-state index contributed by atoms with van der Waals surface area (Å²) in [5, 5.41) is 28.3. The molecule has 0 saturated heterocycles. The Morgan fingerprint density at radius 3 is 3.00 bits per heavy atom. The topological polar surface area (TPSA) is 90.7 Å². The van der Waals surface area contributed by atoms with Gasteiger partial charge in [-0.15, -0.1) is 32.9 Å². The molecule has 0 atom stereocenters. The smallest absolute Gasteiger partial charge is 0.235 e. The van der Waals surface area contributed by atoms with E-state index in [1.54, 1.807) is 22.8 Å². The van der Waals surface area contributed by atoms with Gasteiger partial charge in [-0.2, -0.15) is 5.26 Å². The summed E-state index contributed by atoms with van der Waals surface area (Å²) in [4.78, 5) is 13.3. The highest BCUT2D eigenvalue weighted by atomic mass is 32.2. The van der Waals surface area contributed by atoms with Crippen molar-refractivity contribution in [2.24, 2.45) is 0 Å². The van der Waals surface area contributed by atoms with Crippen LogP contribution in [-0.4, -0.2) is 28.4 Å². The van der Waals surface area contributed by atoms with Gasteiger partial charge in [0.2, 0.25) is 11.0 Å². The summed E-state index contributed by atoms with van der Waals surface area (Å²) in [5.74, 6) is 0.0680. The third kappa shape index (κ3) is 5.27. The summed E-state index contributed by atoms with van der Waals surface area (Å²) in [6.45, 7) is 0.801. The number of hydrogen-bond acceptors (Lipinski definition) is 9. The van der Waals surface area contributed by atoms with E-state index in [2.05, 4.69) is 32.3 Å². The summed E-state index contributed by atoms with van der Waals surface area (Å²) in [6.07, 6.45) is 0.949. The maximum absolute atomic E-state index is 12.0. The molecule has 128 valence electrons. The molecule has 3 aromatic rings. The molecule has 1 amide bonds. The van der Waals surface area contributed by atoms with E-state index in [1.807, 2.05) is 12.1 Å². The van der Waals surface area contributed by atoms with Crippen LogP contribution in [0.25, 0.3) is 0 Å². The first-order valence-electron chi connectivity index (χ1n) is 7.24. The minimum atomic E-state index is -0.161. The number of carbonyl (C=O) groups excluding carboxylic acids is 1. The summed E-state index contributed by atoms with van der Waals surface area (Å²) in [6, 6.07) is 7.89. The maximum Gasteiger partial charge on any atom is 0.235 e. The van der Waals surface area contributed by atoms with Gasteiger partial charge in [-0.25, -0.2) is 0 Å². The Hall–Kier alpha value is -1.93. The monoisotopic (exact) mass is 407 g/mol. The molecule has 3 rings (SSSR count). The highest BCUT2D eigenvalue weighted by Gasteiger charge is 2.11. The molecule has 3 aromatic heterocycles. The lowest BCUT2D eigenvalue weighted by Gasteiger charge is -2.01. The number of rotatable bonds is 8. The fourth-order valence-electron chi connectivity index (χ4n) is 1.87. The Kier molecular flexibility index (Phi) is 6.41. The Balaban J connectivity index is 1.42. The van der Waals surface area contributed by atoms with Gasteiger partial charge < -0.3 is 10.6 Å². The van der Waals surface area contributed by atoms with Crippen LogP contribution in [0.4, 0.5) is 10.1 Å². The van der Waals surface area contributed by atoms with Crippen molar-refractivity contribution in [2.45, 2.75) is 10.8 Å². The largest absolute Gasteiger partial charge is 0.360 e. The minimum absolute atomic E-state index is 0.161. The molecule has 0 saturated carbocycles. The fourth-order valence-corrected chi connectivity index (χ4v) is 4.91. The molecule has 0 aromatic carbocycles. The molecule has 0 aliphatic heterocycles. The molecule has 10 heteroatoms. The van der Waals surface area contributed by atoms with Crippen molar-refractivity contribution in [2.75, 3.05) is 22.9 Å². The standard InChI is InChI=1S/C15H13N5OS4/c16-8-10-4-7-23-13(10)18-12(21)9-24-15-20-19-14(25-15)17-5-3-11-2-1-6-22-11/h1-2,4,6-7H,3,5,9H2,(H,17,19)(H,18,21). The predicted octanol–water partition coefficient (Wildman–Crippen LogP) is 3.92. The lowest BCUT2D eigenvalue weighted by atomic mass is 10.3. The van der Waals surface area contributed by atoms with Crippen LogP contribution in [0.3, 0.4) is 0 Å². The molecule has 0 fully saturated rings. The van der Waals surface area contributed by atoms with Gasteiger partial charge in [0.1, 0.15) is 11.1 Å². The Labute approximate surface area is 160 Å². The van der Waals surface area contributed by atoms with Gasteiger partial charge >= 0.3 is 0 Å². The van der Waals surface area contributed by atoms with Crippen LogP contribution in [-0.2, 0) is 11.2 Å². The number of nitrogens with zero attached hydrogens (tertiary/aromatic N) is 3. The predicted molar refractivity (Wildman–Crippen MR) is 105 cm³/mol. The van der Waals surface area contributed by atoms with Crippen LogP contribution >= 0.6 is 45.8 Å². The summed E-state index contributed by atoms with van der Waals surface area (Å²) in [5.41, 5.74) is 0.483. The lowest BCUT2D eigenvalue weighted by Crippen LogP contribution is -2.13. The van der Waals surface area contributed by atoms with Gasteiger partial charge in [0.15, 0.2) is 4.34 Å². The molecule has 2 N–H and O–H groups in total. The lowest BCUT2D eigenvalue weighted by molar-refractivity contribution is -0.113. The van der Waals surface area contributed by atoms with Crippen LogP contribution in [0.2, 0.25) is 0 Å². The van der Waals surface area contributed by atoms with E-state index in [9.17, 15) is 4.79 Å². The highest BCUT2D eigenvalue weighted by Crippen LogP contribution is 2.27. The highest BCUT2D eigenvalue weighted by molar-refractivity contribution is 8.01. The van der Waals surface area contributed by atoms with Gasteiger partial charge in [-0.05, 0) is 29.3 Å². The van der Waals surface area contributed by atoms with Crippen molar-refractivity contribution < 1.29 is 4.79 Å². The fraction of sp³-hybridized carbons (Fsp3) is 0.200. The van der Waals surface area contributed by atoms with Gasteiger partial charge in [0.25, 0.3) is 0 Å². The second-order valence-electron chi connectivity index (χ2n) is 4.74. The first kappa shape index (κ1) is 17.9. The summed E-state index contributed by atoms with van der Waals surface area (Å²) >= 11 is 5.84. The average Bonchev–Trinajstić information content (AvgIpc) is 3.35. The van der Waals surface area contributed by atoms with Crippen molar-refractivity contribution in [3.63, 3.8) is 0 Å². The van der Waals surface area contributed by atoms with E-state index in [1.165, 1.54) is 39.3 Å². The third-order valence-electron chi connectivity index (χ3n) is 3.00. The second-order valence-corrected chi connectivity index (χ2v) is 8.89. The van der Waals surface area contributed by atoms with E-state index in [-0.39, 0.29) is 11.7 Å². The molecule has 3 heterocycles. The van der Waals surface area contributed by atoms with Crippen molar-refractivity contribution in [3.05, 3.63) is 39.4 Å². The van der Waals surface area contributed by atoms with E-state index < -0.39 is 0 Å². The molecule has 0 bridgehead atoms. The summed E-state index contributed by atoms with van der Waals surface area (Å²) in [7, 11) is 0. The second kappa shape index (κ2) is 8.96. The average molecular weight is 408 g/mol. The van der Waals surface area contributed by atoms with E-state index in [4.69, 9.17) is 5.26 Å².